The number of carbonyl (C=O) groups is 2. The number of esters is 2. The average molecular weight is 523 g/mol. The Morgan fingerprint density at radius 1 is 0.865 bits per heavy atom. The number of aryl methyl sites for hydroxylation is 1. The number of carbonyl (C=O) groups excluding carboxylic acids is 2. The first kappa shape index (κ1) is 30.3. The minimum absolute atomic E-state index is 0.0977. The highest BCUT2D eigenvalue weighted by Gasteiger charge is 2.30. The molecule has 0 aliphatic carbocycles. The summed E-state index contributed by atoms with van der Waals surface area (Å²) < 4.78 is 11.2. The van der Waals surface area contributed by atoms with Crippen molar-refractivity contribution in [3.63, 3.8) is 0 Å². The van der Waals surface area contributed by atoms with E-state index in [1.807, 2.05) is 0 Å². The lowest BCUT2D eigenvalue weighted by Crippen LogP contribution is -2.46. The van der Waals surface area contributed by atoms with Crippen LogP contribution >= 0.6 is 0 Å². The smallest absolute Gasteiger partial charge is 0.333 e. The van der Waals surface area contributed by atoms with Crippen molar-refractivity contribution in [2.24, 2.45) is 0 Å². The Kier molecular flexibility index (Phi) is 11.5. The van der Waals surface area contributed by atoms with E-state index in [1.165, 1.54) is 5.56 Å². The average Bonchev–Trinajstić information content (AvgIpc) is 2.87. The van der Waals surface area contributed by atoms with Crippen LogP contribution in [0.4, 0.5) is 0 Å². The molecule has 5 nitrogen and oxygen atoms in total. The van der Waals surface area contributed by atoms with Crippen molar-refractivity contribution in [2.45, 2.75) is 78.8 Å². The topological polar surface area (TPSA) is 72.8 Å². The van der Waals surface area contributed by atoms with Gasteiger partial charge in [0.25, 0.3) is 0 Å². The van der Waals surface area contributed by atoms with Gasteiger partial charge in [0.05, 0.1) is 8.07 Å². The Morgan fingerprint density at radius 2 is 1.38 bits per heavy atom. The summed E-state index contributed by atoms with van der Waals surface area (Å²) in [6.45, 7) is 17.6. The molecule has 0 atom stereocenters. The molecule has 0 fully saturated rings. The Labute approximate surface area is 223 Å². The molecule has 0 amide bonds. The Hall–Kier alpha value is -2.96. The summed E-state index contributed by atoms with van der Waals surface area (Å²) in [5, 5.41) is 10.6. The molecule has 1 N–H and O–H groups in total. The maximum atomic E-state index is 12.3. The van der Waals surface area contributed by atoms with Crippen LogP contribution in [0.3, 0.4) is 0 Å². The SMILES string of the molecule is C=C(C)C(=O)OCc1cc(-c2ccc(CCCC)cc2)cc(COC(=O)C(=C)C)c1[Si](C)(C)CCCO. The van der Waals surface area contributed by atoms with E-state index in [1.54, 1.807) is 13.8 Å². The Morgan fingerprint density at radius 3 is 1.81 bits per heavy atom. The second-order valence-electron chi connectivity index (χ2n) is 10.4. The minimum atomic E-state index is -2.12. The van der Waals surface area contributed by atoms with Crippen LogP contribution in [-0.2, 0) is 38.7 Å². The molecule has 0 saturated carbocycles. The molecule has 2 rings (SSSR count). The van der Waals surface area contributed by atoms with Crippen LogP contribution in [0.25, 0.3) is 11.1 Å². The van der Waals surface area contributed by atoms with Crippen LogP contribution in [0, 0.1) is 0 Å². The van der Waals surface area contributed by atoms with Gasteiger partial charge in [-0.05, 0) is 78.2 Å². The zero-order valence-corrected chi connectivity index (χ0v) is 24.1. The second-order valence-corrected chi connectivity index (χ2v) is 15.2. The molecular formula is C31H42O5Si. The zero-order valence-electron chi connectivity index (χ0n) is 23.1. The zero-order chi connectivity index (χ0) is 27.6. The molecule has 0 saturated heterocycles. The van der Waals surface area contributed by atoms with Gasteiger partial charge in [-0.1, -0.05) is 69.9 Å². The highest BCUT2D eigenvalue weighted by atomic mass is 28.3. The number of hydrogen-bond acceptors (Lipinski definition) is 5. The highest BCUT2D eigenvalue weighted by molar-refractivity contribution is 6.90. The van der Waals surface area contributed by atoms with Gasteiger partial charge >= 0.3 is 11.9 Å². The predicted octanol–water partition coefficient (Wildman–Crippen LogP) is 6.23. The van der Waals surface area contributed by atoms with E-state index in [0.29, 0.717) is 17.6 Å². The lowest BCUT2D eigenvalue weighted by atomic mass is 9.98. The fourth-order valence-corrected chi connectivity index (χ4v) is 7.77. The lowest BCUT2D eigenvalue weighted by Gasteiger charge is -2.29. The van der Waals surface area contributed by atoms with Crippen molar-refractivity contribution in [2.75, 3.05) is 6.61 Å². The van der Waals surface area contributed by atoms with Crippen molar-refractivity contribution in [3.8, 4) is 11.1 Å². The third kappa shape index (κ3) is 8.83. The van der Waals surface area contributed by atoms with Gasteiger partial charge in [0.1, 0.15) is 13.2 Å². The predicted molar refractivity (Wildman–Crippen MR) is 153 cm³/mol. The molecule has 200 valence electrons. The fourth-order valence-electron chi connectivity index (χ4n) is 4.46. The molecule has 0 aliphatic heterocycles. The molecular weight excluding hydrogens is 480 g/mol. The van der Waals surface area contributed by atoms with E-state index in [9.17, 15) is 14.7 Å². The molecule has 0 aliphatic rings. The first-order valence-electron chi connectivity index (χ1n) is 13.0. The van der Waals surface area contributed by atoms with Crippen LogP contribution in [0.15, 0.2) is 60.7 Å². The number of benzene rings is 2. The summed E-state index contributed by atoms with van der Waals surface area (Å²) in [7, 11) is -2.12. The lowest BCUT2D eigenvalue weighted by molar-refractivity contribution is -0.140. The van der Waals surface area contributed by atoms with Crippen molar-refractivity contribution >= 4 is 25.2 Å². The third-order valence-electron chi connectivity index (χ3n) is 6.46. The van der Waals surface area contributed by atoms with Gasteiger partial charge in [0.2, 0.25) is 0 Å². The third-order valence-corrected chi connectivity index (χ3v) is 10.1. The molecule has 0 aromatic heterocycles. The van der Waals surface area contributed by atoms with E-state index < -0.39 is 20.0 Å². The number of rotatable bonds is 14. The number of ether oxygens (including phenoxy) is 2. The molecule has 0 bridgehead atoms. The second kappa shape index (κ2) is 14.1. The summed E-state index contributed by atoms with van der Waals surface area (Å²) in [5.74, 6) is -0.886. The summed E-state index contributed by atoms with van der Waals surface area (Å²) in [6.07, 6.45) is 4.02. The molecule has 0 heterocycles. The molecule has 2 aromatic rings. The molecule has 0 radical (unpaired) electrons. The molecule has 0 spiro atoms. The normalized spacial score (nSPS) is 11.2. The first-order valence-corrected chi connectivity index (χ1v) is 16.2. The largest absolute Gasteiger partial charge is 0.457 e. The number of aliphatic hydroxyl groups is 1. The van der Waals surface area contributed by atoms with Crippen molar-refractivity contribution in [1.29, 1.82) is 0 Å². The standard InChI is InChI=1S/C31H42O5Si/c1-8-9-11-24-12-14-25(15-13-24)26-18-27(20-35-30(33)22(2)3)29(37(6,7)17-10-16-32)28(19-26)21-36-31(34)23(4)5/h12-15,18-19,32H,2,4,8-11,16-17,20-21H2,1,3,5-7H3. The van der Waals surface area contributed by atoms with E-state index in [2.05, 4.69) is 69.6 Å². The minimum Gasteiger partial charge on any atom is -0.457 e. The first-order chi connectivity index (χ1) is 17.5. The van der Waals surface area contributed by atoms with Crippen molar-refractivity contribution in [1.82, 2.24) is 0 Å². The van der Waals surface area contributed by atoms with Gasteiger partial charge in [0, 0.05) is 17.8 Å². The molecule has 37 heavy (non-hydrogen) atoms. The van der Waals surface area contributed by atoms with Crippen molar-refractivity contribution < 1.29 is 24.2 Å². The molecule has 6 heteroatoms. The fraction of sp³-hybridized carbons (Fsp3) is 0.419. The monoisotopic (exact) mass is 522 g/mol. The summed E-state index contributed by atoms with van der Waals surface area (Å²) in [5.41, 5.74) is 5.80. The summed E-state index contributed by atoms with van der Waals surface area (Å²) in [4.78, 5) is 24.6. The number of aliphatic hydroxyl groups excluding tert-OH is 1. The van der Waals surface area contributed by atoms with Gasteiger partial charge in [-0.25, -0.2) is 9.59 Å². The van der Waals surface area contributed by atoms with Crippen LogP contribution < -0.4 is 5.19 Å². The number of hydrogen-bond donors (Lipinski definition) is 1. The van der Waals surface area contributed by atoms with E-state index in [-0.39, 0.29) is 19.8 Å². The summed E-state index contributed by atoms with van der Waals surface area (Å²) >= 11 is 0. The maximum absolute atomic E-state index is 12.3. The Balaban J connectivity index is 2.64. The van der Waals surface area contributed by atoms with Gasteiger partial charge in [-0.15, -0.1) is 0 Å². The maximum Gasteiger partial charge on any atom is 0.333 e. The van der Waals surface area contributed by atoms with Crippen LogP contribution in [0.2, 0.25) is 19.1 Å². The van der Waals surface area contributed by atoms with E-state index in [0.717, 1.165) is 52.7 Å². The van der Waals surface area contributed by atoms with Crippen LogP contribution in [-0.4, -0.2) is 31.7 Å². The van der Waals surface area contributed by atoms with Gasteiger partial charge in [-0.2, -0.15) is 0 Å². The quantitative estimate of drug-likeness (QED) is 0.181. The van der Waals surface area contributed by atoms with E-state index in [4.69, 9.17) is 9.47 Å². The van der Waals surface area contributed by atoms with Gasteiger partial charge in [0.15, 0.2) is 0 Å². The van der Waals surface area contributed by atoms with Crippen LogP contribution in [0.5, 0.6) is 0 Å². The van der Waals surface area contributed by atoms with Gasteiger partial charge in [-0.3, -0.25) is 0 Å². The molecule has 0 unspecified atom stereocenters. The highest BCUT2D eigenvalue weighted by Crippen LogP contribution is 2.27. The summed E-state index contributed by atoms with van der Waals surface area (Å²) in [6, 6.07) is 13.5. The Bertz CT molecular complexity index is 1060. The van der Waals surface area contributed by atoms with Crippen LogP contribution in [0.1, 0.15) is 56.7 Å². The van der Waals surface area contributed by atoms with Crippen molar-refractivity contribution in [3.05, 3.63) is 77.4 Å². The van der Waals surface area contributed by atoms with E-state index >= 15 is 0 Å². The number of unbranched alkanes of at least 4 members (excludes halogenated alkanes) is 1. The van der Waals surface area contributed by atoms with Gasteiger partial charge < -0.3 is 14.6 Å². The molecule has 2 aromatic carbocycles.